The van der Waals surface area contributed by atoms with Crippen molar-refractivity contribution < 1.29 is 13.9 Å². The van der Waals surface area contributed by atoms with Crippen molar-refractivity contribution in [3.8, 4) is 28.0 Å². The molecule has 5 nitrogen and oxygen atoms in total. The van der Waals surface area contributed by atoms with Gasteiger partial charge in [0.2, 0.25) is 5.91 Å². The lowest BCUT2D eigenvalue weighted by atomic mass is 9.97. The van der Waals surface area contributed by atoms with Crippen LogP contribution < -0.4 is 10.1 Å². The zero-order valence-electron chi connectivity index (χ0n) is 20.4. The molecule has 3 aromatic carbocycles. The number of hydrogen-bond acceptors (Lipinski definition) is 4. The molecule has 0 atom stereocenters. The summed E-state index contributed by atoms with van der Waals surface area (Å²) in [5.74, 6) is 0.900. The van der Waals surface area contributed by atoms with Crippen molar-refractivity contribution in [1.29, 1.82) is 0 Å². The summed E-state index contributed by atoms with van der Waals surface area (Å²) in [4.78, 5) is 16.9. The first kappa shape index (κ1) is 23.1. The fourth-order valence-corrected chi connectivity index (χ4v) is 4.27. The maximum Gasteiger partial charge on any atom is 0.249 e. The zero-order chi connectivity index (χ0) is 25.1. The van der Waals surface area contributed by atoms with Crippen LogP contribution in [0.4, 0.5) is 5.82 Å². The topological polar surface area (TPSA) is 64.4 Å². The molecule has 0 fully saturated rings. The summed E-state index contributed by atoms with van der Waals surface area (Å²) >= 11 is 0. The quantitative estimate of drug-likeness (QED) is 0.259. The summed E-state index contributed by atoms with van der Waals surface area (Å²) in [6.07, 6.45) is 4.99. The van der Waals surface area contributed by atoms with E-state index < -0.39 is 0 Å². The first-order chi connectivity index (χ1) is 17.5. The van der Waals surface area contributed by atoms with Crippen molar-refractivity contribution in [3.63, 3.8) is 0 Å². The Hall–Kier alpha value is -4.64. The van der Waals surface area contributed by atoms with Gasteiger partial charge in [-0.25, -0.2) is 4.98 Å². The first-order valence-corrected chi connectivity index (χ1v) is 11.7. The van der Waals surface area contributed by atoms with E-state index in [0.29, 0.717) is 11.6 Å². The number of aryl methyl sites for hydroxylation is 1. The van der Waals surface area contributed by atoms with Crippen LogP contribution in [0.3, 0.4) is 0 Å². The molecule has 0 aliphatic carbocycles. The van der Waals surface area contributed by atoms with E-state index >= 15 is 0 Å². The number of aromatic nitrogens is 1. The molecule has 178 valence electrons. The molecular formula is C31H26N2O3. The number of anilines is 1. The number of furan rings is 1. The number of allylic oxidation sites excluding steroid dienone is 1. The third-order valence-electron chi connectivity index (χ3n) is 6.14. The fraction of sp³-hybridized carbons (Fsp3) is 0.0968. The average molecular weight is 475 g/mol. The number of hydrogen-bond donors (Lipinski definition) is 1. The summed E-state index contributed by atoms with van der Waals surface area (Å²) in [5, 5.41) is 3.77. The van der Waals surface area contributed by atoms with Crippen molar-refractivity contribution in [2.75, 3.05) is 12.4 Å². The van der Waals surface area contributed by atoms with Gasteiger partial charge in [0, 0.05) is 34.9 Å². The number of benzene rings is 3. The molecule has 5 heteroatoms. The fourth-order valence-electron chi connectivity index (χ4n) is 4.27. The molecule has 2 aromatic heterocycles. The molecule has 0 saturated carbocycles. The molecule has 1 amide bonds. The molecule has 5 rings (SSSR count). The van der Waals surface area contributed by atoms with Gasteiger partial charge in [-0.3, -0.25) is 4.79 Å². The molecule has 0 aliphatic rings. The predicted octanol–water partition coefficient (Wildman–Crippen LogP) is 7.52. The molecule has 0 aliphatic heterocycles. The SMILES string of the molecule is COc1cc2occ(-c3ccc(-c4ccccc4)cc3)c2cc1/C(C)=C/C(=O)Nc1cc(C)ccn1. The Morgan fingerprint density at radius 3 is 2.39 bits per heavy atom. The molecule has 36 heavy (non-hydrogen) atoms. The number of carbonyl (C=O) groups is 1. The minimum atomic E-state index is -0.253. The van der Waals surface area contributed by atoms with Gasteiger partial charge in [0.15, 0.2) is 0 Å². The second kappa shape index (κ2) is 9.92. The number of nitrogens with zero attached hydrogens (tertiary/aromatic N) is 1. The van der Waals surface area contributed by atoms with E-state index in [-0.39, 0.29) is 5.91 Å². The van der Waals surface area contributed by atoms with Gasteiger partial charge < -0.3 is 14.5 Å². The van der Waals surface area contributed by atoms with Crippen LogP contribution >= 0.6 is 0 Å². The van der Waals surface area contributed by atoms with Crippen molar-refractivity contribution in [2.45, 2.75) is 13.8 Å². The maximum absolute atomic E-state index is 12.7. The van der Waals surface area contributed by atoms with Gasteiger partial charge in [-0.1, -0.05) is 54.6 Å². The number of nitrogens with one attached hydrogen (secondary N) is 1. The smallest absolute Gasteiger partial charge is 0.249 e. The number of ether oxygens (including phenoxy) is 1. The van der Waals surface area contributed by atoms with Gasteiger partial charge in [0.05, 0.1) is 13.4 Å². The van der Waals surface area contributed by atoms with Crippen LogP contribution in [0, 0.1) is 6.92 Å². The largest absolute Gasteiger partial charge is 0.496 e. The highest BCUT2D eigenvalue weighted by Crippen LogP contribution is 2.38. The summed E-state index contributed by atoms with van der Waals surface area (Å²) in [5.41, 5.74) is 7.70. The van der Waals surface area contributed by atoms with Gasteiger partial charge in [0.1, 0.15) is 17.2 Å². The standard InChI is InChI=1S/C31H26N2O3/c1-20-13-14-32-30(15-20)33-31(34)16-21(2)25-17-26-27(19-36-29(26)18-28(25)35-3)24-11-9-23(10-12-24)22-7-5-4-6-8-22/h4-19H,1-3H3,(H,32,33,34)/b21-16+. The number of pyridine rings is 1. The maximum atomic E-state index is 12.7. The third kappa shape index (κ3) is 4.77. The summed E-state index contributed by atoms with van der Waals surface area (Å²) < 4.78 is 11.5. The van der Waals surface area contributed by atoms with Crippen LogP contribution in [0.15, 0.2) is 102 Å². The van der Waals surface area contributed by atoms with Crippen molar-refractivity contribution >= 4 is 28.3 Å². The van der Waals surface area contributed by atoms with E-state index in [0.717, 1.165) is 44.4 Å². The van der Waals surface area contributed by atoms with E-state index in [4.69, 9.17) is 9.15 Å². The van der Waals surface area contributed by atoms with Crippen LogP contribution in [0.25, 0.3) is 38.8 Å². The van der Waals surface area contributed by atoms with Crippen LogP contribution in [-0.2, 0) is 4.79 Å². The van der Waals surface area contributed by atoms with Crippen LogP contribution in [0.5, 0.6) is 5.75 Å². The van der Waals surface area contributed by atoms with E-state index in [2.05, 4.69) is 46.7 Å². The van der Waals surface area contributed by atoms with Gasteiger partial charge >= 0.3 is 0 Å². The van der Waals surface area contributed by atoms with E-state index in [1.54, 1.807) is 25.6 Å². The molecule has 1 N–H and O–H groups in total. The van der Waals surface area contributed by atoms with E-state index in [9.17, 15) is 4.79 Å². The van der Waals surface area contributed by atoms with Gasteiger partial charge in [-0.2, -0.15) is 0 Å². The highest BCUT2D eigenvalue weighted by molar-refractivity contribution is 6.05. The average Bonchev–Trinajstić information content (AvgIpc) is 3.31. The summed E-state index contributed by atoms with van der Waals surface area (Å²) in [6, 6.07) is 26.3. The van der Waals surface area contributed by atoms with Crippen LogP contribution in [-0.4, -0.2) is 18.0 Å². The number of fused-ring (bicyclic) bond motifs is 1. The Bertz CT molecular complexity index is 1570. The minimum absolute atomic E-state index is 0.253. The van der Waals surface area contributed by atoms with Crippen molar-refractivity contribution in [2.24, 2.45) is 0 Å². The Morgan fingerprint density at radius 1 is 0.944 bits per heavy atom. The Balaban J connectivity index is 1.48. The van der Waals surface area contributed by atoms with Crippen molar-refractivity contribution in [3.05, 3.63) is 109 Å². The number of rotatable bonds is 6. The first-order valence-electron chi connectivity index (χ1n) is 11.7. The monoisotopic (exact) mass is 474 g/mol. The van der Waals surface area contributed by atoms with Crippen molar-refractivity contribution in [1.82, 2.24) is 4.98 Å². The number of carbonyl (C=O) groups excluding carboxylic acids is 1. The molecular weight excluding hydrogens is 448 g/mol. The predicted molar refractivity (Wildman–Crippen MR) is 145 cm³/mol. The molecule has 5 aromatic rings. The highest BCUT2D eigenvalue weighted by Gasteiger charge is 2.15. The third-order valence-corrected chi connectivity index (χ3v) is 6.14. The lowest BCUT2D eigenvalue weighted by Gasteiger charge is -2.10. The minimum Gasteiger partial charge on any atom is -0.496 e. The highest BCUT2D eigenvalue weighted by atomic mass is 16.5. The Labute approximate surface area is 210 Å². The molecule has 0 spiro atoms. The summed E-state index contributed by atoms with van der Waals surface area (Å²) in [7, 11) is 1.61. The lowest BCUT2D eigenvalue weighted by molar-refractivity contribution is -0.111. The second-order valence-corrected chi connectivity index (χ2v) is 8.68. The number of methoxy groups -OCH3 is 1. The van der Waals surface area contributed by atoms with E-state index in [1.165, 1.54) is 5.56 Å². The second-order valence-electron chi connectivity index (χ2n) is 8.68. The Morgan fingerprint density at radius 2 is 1.67 bits per heavy atom. The summed E-state index contributed by atoms with van der Waals surface area (Å²) in [6.45, 7) is 3.84. The number of amides is 1. The van der Waals surface area contributed by atoms with Crippen LogP contribution in [0.2, 0.25) is 0 Å². The molecule has 0 bridgehead atoms. The molecule has 0 unspecified atom stereocenters. The van der Waals surface area contributed by atoms with Gasteiger partial charge in [-0.15, -0.1) is 0 Å². The normalized spacial score (nSPS) is 11.5. The molecule has 0 saturated heterocycles. The molecule has 0 radical (unpaired) electrons. The zero-order valence-corrected chi connectivity index (χ0v) is 20.4. The van der Waals surface area contributed by atoms with Gasteiger partial charge in [-0.05, 0) is 59.9 Å². The van der Waals surface area contributed by atoms with Crippen LogP contribution in [0.1, 0.15) is 18.1 Å². The lowest BCUT2D eigenvalue weighted by Crippen LogP contribution is -2.10. The molecule has 2 heterocycles. The van der Waals surface area contributed by atoms with Gasteiger partial charge in [0.25, 0.3) is 0 Å². The van der Waals surface area contributed by atoms with E-state index in [1.807, 2.05) is 56.3 Å². The Kier molecular flexibility index (Phi) is 6.37.